The minimum absolute atomic E-state index is 0. The van der Waals surface area contributed by atoms with Crippen LogP contribution in [-0.2, 0) is 20.1 Å². The van der Waals surface area contributed by atoms with Crippen LogP contribution in [0.4, 0.5) is 0 Å². The highest BCUT2D eigenvalue weighted by molar-refractivity contribution is 14.0. The van der Waals surface area contributed by atoms with Crippen molar-refractivity contribution >= 4 is 29.9 Å². The molecule has 0 saturated carbocycles. The summed E-state index contributed by atoms with van der Waals surface area (Å²) in [6.07, 6.45) is 1.92. The molecule has 0 aliphatic carbocycles. The van der Waals surface area contributed by atoms with Gasteiger partial charge in [0.15, 0.2) is 11.8 Å². The van der Waals surface area contributed by atoms with E-state index in [0.717, 1.165) is 29.8 Å². The third-order valence-electron chi connectivity index (χ3n) is 3.23. The molecular weight excluding hydrogens is 381 g/mol. The molecule has 0 atom stereocenters. The summed E-state index contributed by atoms with van der Waals surface area (Å²) in [5, 5.41) is 11.5. The van der Waals surface area contributed by atoms with E-state index in [0.29, 0.717) is 6.54 Å². The van der Waals surface area contributed by atoms with E-state index in [2.05, 4.69) is 36.5 Å². The second kappa shape index (κ2) is 8.01. The van der Waals surface area contributed by atoms with E-state index in [1.165, 1.54) is 0 Å². The fraction of sp³-hybridized carbons (Fsp3) is 0.462. The number of hydrogen-bond acceptors (Lipinski definition) is 3. The molecule has 116 valence electrons. The maximum absolute atomic E-state index is 4.28. The van der Waals surface area contributed by atoms with Crippen LogP contribution >= 0.6 is 24.0 Å². The number of nitrogens with one attached hydrogen (secondary N) is 2. The Hall–Kier alpha value is -1.58. The quantitative estimate of drug-likeness (QED) is 0.458. The summed E-state index contributed by atoms with van der Waals surface area (Å²) in [4.78, 5) is 9.51. The smallest absolute Gasteiger partial charge is 0.194 e. The third kappa shape index (κ3) is 4.45. The van der Waals surface area contributed by atoms with Crippen molar-refractivity contribution < 1.29 is 0 Å². The largest absolute Gasteiger partial charge is 0.364 e. The Morgan fingerprint density at radius 1 is 1.48 bits per heavy atom. The van der Waals surface area contributed by atoms with Gasteiger partial charge in [0.1, 0.15) is 5.82 Å². The lowest BCUT2D eigenvalue weighted by Crippen LogP contribution is -2.38. The van der Waals surface area contributed by atoms with Crippen molar-refractivity contribution in [1.82, 2.24) is 30.0 Å². The molecule has 2 aromatic heterocycles. The molecule has 8 heteroatoms. The summed E-state index contributed by atoms with van der Waals surface area (Å²) in [6, 6.07) is 4.04. The highest BCUT2D eigenvalue weighted by Crippen LogP contribution is 2.01. The first-order chi connectivity index (χ1) is 9.61. The summed E-state index contributed by atoms with van der Waals surface area (Å²) < 4.78 is 1.96. The lowest BCUT2D eigenvalue weighted by Gasteiger charge is -2.21. The molecule has 0 fully saturated rings. The third-order valence-corrected chi connectivity index (χ3v) is 3.23. The number of rotatable bonds is 4. The normalized spacial score (nSPS) is 11.1. The molecule has 0 bridgehead atoms. The van der Waals surface area contributed by atoms with Gasteiger partial charge in [0.05, 0.1) is 13.1 Å². The van der Waals surface area contributed by atoms with Crippen molar-refractivity contribution in [3.8, 4) is 0 Å². The van der Waals surface area contributed by atoms with E-state index >= 15 is 0 Å². The second-order valence-electron chi connectivity index (χ2n) is 4.67. The number of aryl methyl sites for hydroxylation is 1. The maximum atomic E-state index is 4.28. The number of aliphatic imine (C=N–C) groups is 1. The molecule has 2 heterocycles. The van der Waals surface area contributed by atoms with Crippen LogP contribution in [0.25, 0.3) is 0 Å². The van der Waals surface area contributed by atoms with Crippen molar-refractivity contribution in [2.24, 2.45) is 12.0 Å². The zero-order valence-electron chi connectivity index (χ0n) is 12.8. The molecule has 2 rings (SSSR count). The predicted molar refractivity (Wildman–Crippen MR) is 93.6 cm³/mol. The molecule has 0 aromatic carbocycles. The molecular formula is C13H22IN7. The van der Waals surface area contributed by atoms with E-state index in [9.17, 15) is 0 Å². The maximum Gasteiger partial charge on any atom is 0.194 e. The van der Waals surface area contributed by atoms with Crippen LogP contribution in [0, 0.1) is 6.92 Å². The van der Waals surface area contributed by atoms with E-state index in [-0.39, 0.29) is 24.0 Å². The zero-order chi connectivity index (χ0) is 14.5. The molecule has 2 N–H and O–H groups in total. The van der Waals surface area contributed by atoms with Gasteiger partial charge in [-0.3, -0.25) is 4.99 Å². The van der Waals surface area contributed by atoms with Gasteiger partial charge in [0, 0.05) is 33.0 Å². The molecule has 0 radical (unpaired) electrons. The lowest BCUT2D eigenvalue weighted by molar-refractivity contribution is 0.468. The first kappa shape index (κ1) is 17.5. The number of aromatic amines is 1. The first-order valence-electron chi connectivity index (χ1n) is 6.50. The van der Waals surface area contributed by atoms with Gasteiger partial charge >= 0.3 is 0 Å². The number of guanidine groups is 1. The molecule has 0 unspecified atom stereocenters. The Morgan fingerprint density at radius 2 is 2.24 bits per heavy atom. The SMILES string of the molecule is CN=C(NCc1nnc(C)n1C)N(C)Cc1ccc[nH]1.I. The van der Waals surface area contributed by atoms with Crippen molar-refractivity contribution in [1.29, 1.82) is 0 Å². The van der Waals surface area contributed by atoms with Gasteiger partial charge in [0.2, 0.25) is 0 Å². The average molecular weight is 403 g/mol. The standard InChI is InChI=1S/C13H21N7.HI/c1-10-17-18-12(20(10)4)8-16-13(14-2)19(3)9-11-6-5-7-15-11;/h5-7,15H,8-9H2,1-4H3,(H,14,16);1H. The van der Waals surface area contributed by atoms with Gasteiger partial charge in [-0.2, -0.15) is 0 Å². The topological polar surface area (TPSA) is 74.1 Å². The first-order valence-corrected chi connectivity index (χ1v) is 6.50. The van der Waals surface area contributed by atoms with Gasteiger partial charge < -0.3 is 19.8 Å². The summed E-state index contributed by atoms with van der Waals surface area (Å²) in [6.45, 7) is 3.30. The number of H-pyrrole nitrogens is 1. The Bertz CT molecular complexity index is 573. The summed E-state index contributed by atoms with van der Waals surface area (Å²) in [7, 11) is 5.73. The van der Waals surface area contributed by atoms with Crippen molar-refractivity contribution in [2.75, 3.05) is 14.1 Å². The molecule has 0 spiro atoms. The Labute approximate surface area is 141 Å². The summed E-state index contributed by atoms with van der Waals surface area (Å²) >= 11 is 0. The molecule has 2 aromatic rings. The van der Waals surface area contributed by atoms with Gasteiger partial charge in [-0.1, -0.05) is 0 Å². The number of hydrogen-bond donors (Lipinski definition) is 2. The van der Waals surface area contributed by atoms with Crippen molar-refractivity contribution in [2.45, 2.75) is 20.0 Å². The van der Waals surface area contributed by atoms with E-state index in [1.807, 2.05) is 37.8 Å². The summed E-state index contributed by atoms with van der Waals surface area (Å²) in [5.41, 5.74) is 1.14. The van der Waals surface area contributed by atoms with Crippen LogP contribution in [-0.4, -0.2) is 44.7 Å². The number of halogens is 1. The van der Waals surface area contributed by atoms with Crippen LogP contribution in [0.2, 0.25) is 0 Å². The van der Waals surface area contributed by atoms with Crippen LogP contribution in [0.5, 0.6) is 0 Å². The Kier molecular flexibility index (Phi) is 6.66. The highest BCUT2D eigenvalue weighted by atomic mass is 127. The zero-order valence-corrected chi connectivity index (χ0v) is 15.1. The molecule has 7 nitrogen and oxygen atoms in total. The fourth-order valence-corrected chi connectivity index (χ4v) is 1.94. The monoisotopic (exact) mass is 403 g/mol. The van der Waals surface area contributed by atoms with E-state index in [4.69, 9.17) is 0 Å². The number of nitrogens with zero attached hydrogens (tertiary/aromatic N) is 5. The van der Waals surface area contributed by atoms with E-state index in [1.54, 1.807) is 7.05 Å². The molecule has 21 heavy (non-hydrogen) atoms. The summed E-state index contributed by atoms with van der Waals surface area (Å²) in [5.74, 6) is 2.61. The average Bonchev–Trinajstić information content (AvgIpc) is 3.04. The van der Waals surface area contributed by atoms with Gasteiger partial charge in [-0.15, -0.1) is 34.2 Å². The van der Waals surface area contributed by atoms with Crippen LogP contribution in [0.15, 0.2) is 23.3 Å². The van der Waals surface area contributed by atoms with Crippen LogP contribution in [0.1, 0.15) is 17.3 Å². The lowest BCUT2D eigenvalue weighted by atomic mass is 10.4. The minimum atomic E-state index is 0. The minimum Gasteiger partial charge on any atom is -0.364 e. The second-order valence-corrected chi connectivity index (χ2v) is 4.67. The van der Waals surface area contributed by atoms with Crippen LogP contribution < -0.4 is 5.32 Å². The predicted octanol–water partition coefficient (Wildman–Crippen LogP) is 1.28. The van der Waals surface area contributed by atoms with Gasteiger partial charge in [-0.05, 0) is 19.1 Å². The van der Waals surface area contributed by atoms with Gasteiger partial charge in [-0.25, -0.2) is 0 Å². The molecule has 0 aliphatic heterocycles. The van der Waals surface area contributed by atoms with Crippen LogP contribution in [0.3, 0.4) is 0 Å². The fourth-order valence-electron chi connectivity index (χ4n) is 1.94. The van der Waals surface area contributed by atoms with Crippen molar-refractivity contribution in [3.05, 3.63) is 35.7 Å². The molecule has 0 amide bonds. The highest BCUT2D eigenvalue weighted by Gasteiger charge is 2.09. The Balaban J connectivity index is 0.00000220. The Morgan fingerprint density at radius 3 is 2.76 bits per heavy atom. The van der Waals surface area contributed by atoms with E-state index < -0.39 is 0 Å². The van der Waals surface area contributed by atoms with Crippen molar-refractivity contribution in [3.63, 3.8) is 0 Å². The number of aromatic nitrogens is 4. The van der Waals surface area contributed by atoms with Gasteiger partial charge in [0.25, 0.3) is 0 Å². The molecule has 0 saturated heterocycles. The molecule has 0 aliphatic rings.